The normalized spacial score (nSPS) is 29.5. The first-order chi connectivity index (χ1) is 13.5. The van der Waals surface area contributed by atoms with E-state index in [4.69, 9.17) is 11.6 Å². The molecule has 1 spiro atoms. The van der Waals surface area contributed by atoms with Crippen molar-refractivity contribution in [1.29, 1.82) is 0 Å². The van der Waals surface area contributed by atoms with Crippen molar-refractivity contribution >= 4 is 17.5 Å². The molecule has 0 saturated carbocycles. The van der Waals surface area contributed by atoms with Crippen molar-refractivity contribution in [3.8, 4) is 0 Å². The van der Waals surface area contributed by atoms with Gasteiger partial charge in [-0.2, -0.15) is 5.10 Å². The summed E-state index contributed by atoms with van der Waals surface area (Å²) in [4.78, 5) is 18.2. The van der Waals surface area contributed by atoms with Crippen LogP contribution in [0.25, 0.3) is 0 Å². The molecule has 1 aromatic carbocycles. The molecule has 3 saturated heterocycles. The zero-order chi connectivity index (χ0) is 19.5. The van der Waals surface area contributed by atoms with Crippen LogP contribution >= 0.6 is 11.6 Å². The molecule has 6 heteroatoms. The largest absolute Gasteiger partial charge is 0.336 e. The number of hydrogen-bond donors (Lipinski definition) is 0. The molecule has 3 aliphatic heterocycles. The van der Waals surface area contributed by atoms with Crippen molar-refractivity contribution in [2.45, 2.75) is 57.8 Å². The van der Waals surface area contributed by atoms with E-state index in [-0.39, 0.29) is 5.54 Å². The van der Waals surface area contributed by atoms with Gasteiger partial charge in [0.25, 0.3) is 0 Å². The summed E-state index contributed by atoms with van der Waals surface area (Å²) in [6, 6.07) is 8.20. The molecular formula is C22H27ClN4O. The lowest BCUT2D eigenvalue weighted by Gasteiger charge is -2.33. The van der Waals surface area contributed by atoms with E-state index in [1.165, 1.54) is 5.56 Å². The van der Waals surface area contributed by atoms with Crippen LogP contribution in [0.3, 0.4) is 0 Å². The van der Waals surface area contributed by atoms with Crippen LogP contribution in [0.15, 0.2) is 30.5 Å². The van der Waals surface area contributed by atoms with Crippen molar-refractivity contribution in [2.24, 2.45) is 5.92 Å². The van der Waals surface area contributed by atoms with Gasteiger partial charge >= 0.3 is 0 Å². The zero-order valence-corrected chi connectivity index (χ0v) is 17.3. The number of likely N-dealkylation sites (tertiary alicyclic amines) is 1. The van der Waals surface area contributed by atoms with E-state index >= 15 is 0 Å². The quantitative estimate of drug-likeness (QED) is 0.786. The number of carbonyl (C=O) groups excluding carboxylic acids is 1. The fourth-order valence-electron chi connectivity index (χ4n) is 5.89. The van der Waals surface area contributed by atoms with E-state index in [1.54, 1.807) is 0 Å². The van der Waals surface area contributed by atoms with Crippen molar-refractivity contribution in [3.63, 3.8) is 0 Å². The number of halogens is 1. The summed E-state index contributed by atoms with van der Waals surface area (Å²) in [5.74, 6) is 0.717. The molecule has 5 nitrogen and oxygen atoms in total. The third-order valence-corrected chi connectivity index (χ3v) is 7.29. The predicted octanol–water partition coefficient (Wildman–Crippen LogP) is 3.80. The molecule has 28 heavy (non-hydrogen) atoms. The maximum absolute atomic E-state index is 13.6. The number of aromatic nitrogens is 2. The lowest BCUT2D eigenvalue weighted by molar-refractivity contribution is -0.137. The highest BCUT2D eigenvalue weighted by atomic mass is 35.5. The van der Waals surface area contributed by atoms with Crippen LogP contribution in [0.5, 0.6) is 0 Å². The smallest absolute Gasteiger partial charge is 0.243 e. The van der Waals surface area contributed by atoms with E-state index in [9.17, 15) is 4.79 Å². The van der Waals surface area contributed by atoms with E-state index in [0.29, 0.717) is 24.4 Å². The molecule has 3 aliphatic rings. The van der Waals surface area contributed by atoms with Crippen LogP contribution in [0.4, 0.5) is 0 Å². The van der Waals surface area contributed by atoms with Gasteiger partial charge in [-0.15, -0.1) is 0 Å². The first-order valence-corrected chi connectivity index (χ1v) is 10.7. The second-order valence-corrected chi connectivity index (χ2v) is 8.95. The maximum atomic E-state index is 13.6. The SMILES string of the molecule is CCn1cc([C@@H]2C[C@H]3CN(Cc4cccc(Cl)c4)C(=O)[C@]34CCCN24)c(C)n1. The number of nitrogens with zero attached hydrogens (tertiary/aromatic N) is 4. The molecule has 0 bridgehead atoms. The van der Waals surface area contributed by atoms with E-state index < -0.39 is 0 Å². The fourth-order valence-corrected chi connectivity index (χ4v) is 6.10. The first-order valence-electron chi connectivity index (χ1n) is 10.4. The molecule has 1 amide bonds. The van der Waals surface area contributed by atoms with E-state index in [2.05, 4.69) is 41.0 Å². The lowest BCUT2D eigenvalue weighted by Crippen LogP contribution is -2.49. The van der Waals surface area contributed by atoms with E-state index in [0.717, 1.165) is 55.2 Å². The molecule has 3 atom stereocenters. The Balaban J connectivity index is 1.43. The number of amides is 1. The molecule has 0 radical (unpaired) electrons. The van der Waals surface area contributed by atoms with Gasteiger partial charge in [0.2, 0.25) is 5.91 Å². The average molecular weight is 399 g/mol. The Morgan fingerprint density at radius 2 is 2.21 bits per heavy atom. The third-order valence-electron chi connectivity index (χ3n) is 7.06. The topological polar surface area (TPSA) is 41.4 Å². The van der Waals surface area contributed by atoms with Crippen LogP contribution in [-0.4, -0.2) is 44.1 Å². The Hall–Kier alpha value is -1.85. The monoisotopic (exact) mass is 398 g/mol. The number of hydrogen-bond acceptors (Lipinski definition) is 3. The second kappa shape index (κ2) is 6.60. The highest BCUT2D eigenvalue weighted by Crippen LogP contribution is 2.56. The maximum Gasteiger partial charge on any atom is 0.243 e. The van der Waals surface area contributed by atoms with Gasteiger partial charge < -0.3 is 4.90 Å². The summed E-state index contributed by atoms with van der Waals surface area (Å²) in [6.07, 6.45) is 5.33. The molecule has 3 fully saturated rings. The molecule has 0 N–H and O–H groups in total. The molecular weight excluding hydrogens is 372 g/mol. The number of benzene rings is 1. The van der Waals surface area contributed by atoms with Crippen LogP contribution < -0.4 is 0 Å². The first kappa shape index (κ1) is 18.2. The Bertz CT molecular complexity index is 925. The molecule has 2 aromatic rings. The van der Waals surface area contributed by atoms with Gasteiger partial charge in [0, 0.05) is 48.4 Å². The molecule has 0 unspecified atom stereocenters. The molecule has 0 aliphatic carbocycles. The summed E-state index contributed by atoms with van der Waals surface area (Å²) >= 11 is 6.15. The van der Waals surface area contributed by atoms with Crippen molar-refractivity contribution in [3.05, 3.63) is 52.3 Å². The summed E-state index contributed by atoms with van der Waals surface area (Å²) in [5, 5.41) is 5.39. The highest BCUT2D eigenvalue weighted by molar-refractivity contribution is 6.30. The summed E-state index contributed by atoms with van der Waals surface area (Å²) < 4.78 is 2.02. The van der Waals surface area contributed by atoms with Crippen molar-refractivity contribution in [2.75, 3.05) is 13.1 Å². The minimum absolute atomic E-state index is 0.302. The number of aryl methyl sites for hydroxylation is 2. The zero-order valence-electron chi connectivity index (χ0n) is 16.6. The minimum Gasteiger partial charge on any atom is -0.336 e. The second-order valence-electron chi connectivity index (χ2n) is 8.51. The van der Waals surface area contributed by atoms with Crippen LogP contribution in [-0.2, 0) is 17.9 Å². The van der Waals surface area contributed by atoms with Gasteiger partial charge in [-0.1, -0.05) is 23.7 Å². The number of rotatable bonds is 4. The van der Waals surface area contributed by atoms with Crippen molar-refractivity contribution < 1.29 is 4.79 Å². The molecule has 1 aromatic heterocycles. The third kappa shape index (κ3) is 2.56. The molecule has 5 rings (SSSR count). The van der Waals surface area contributed by atoms with Crippen LogP contribution in [0.2, 0.25) is 5.02 Å². The van der Waals surface area contributed by atoms with Crippen molar-refractivity contribution in [1.82, 2.24) is 19.6 Å². The molecule has 4 heterocycles. The summed E-state index contributed by atoms with van der Waals surface area (Å²) in [7, 11) is 0. The highest BCUT2D eigenvalue weighted by Gasteiger charge is 2.65. The van der Waals surface area contributed by atoms with Gasteiger partial charge in [0.05, 0.1) is 5.69 Å². The van der Waals surface area contributed by atoms with Gasteiger partial charge in [-0.05, 0) is 57.4 Å². The van der Waals surface area contributed by atoms with Gasteiger partial charge in [-0.25, -0.2) is 0 Å². The Kier molecular flexibility index (Phi) is 4.29. The van der Waals surface area contributed by atoms with Crippen LogP contribution in [0.1, 0.15) is 49.0 Å². The van der Waals surface area contributed by atoms with Gasteiger partial charge in [-0.3, -0.25) is 14.4 Å². The standard InChI is InChI=1S/C22H27ClN4O/c1-3-26-14-19(15(2)24-26)20-11-17-13-25(12-16-6-4-7-18(23)10-16)21(28)22(17)8-5-9-27(20)22/h4,6-7,10,14,17,20H,3,5,8-9,11-13H2,1-2H3/t17-,20-,22-/m0/s1. The average Bonchev–Trinajstić information content (AvgIpc) is 3.38. The van der Waals surface area contributed by atoms with Gasteiger partial charge in [0.15, 0.2) is 0 Å². The van der Waals surface area contributed by atoms with E-state index in [1.807, 2.05) is 22.9 Å². The summed E-state index contributed by atoms with van der Waals surface area (Å²) in [6.45, 7) is 7.62. The Morgan fingerprint density at radius 3 is 2.96 bits per heavy atom. The summed E-state index contributed by atoms with van der Waals surface area (Å²) in [5.41, 5.74) is 3.23. The fraction of sp³-hybridized carbons (Fsp3) is 0.545. The Morgan fingerprint density at radius 1 is 1.36 bits per heavy atom. The predicted molar refractivity (Wildman–Crippen MR) is 109 cm³/mol. The number of carbonyl (C=O) groups is 1. The van der Waals surface area contributed by atoms with Gasteiger partial charge in [0.1, 0.15) is 5.54 Å². The molecule has 148 valence electrons. The van der Waals surface area contributed by atoms with Crippen LogP contribution in [0, 0.1) is 12.8 Å². The lowest BCUT2D eigenvalue weighted by atomic mass is 9.85. The minimum atomic E-state index is -0.302. The Labute approximate surface area is 171 Å².